The zero-order valence-corrected chi connectivity index (χ0v) is 13.8. The van der Waals surface area contributed by atoms with E-state index in [2.05, 4.69) is 0 Å². The normalized spacial score (nSPS) is 11.6. The van der Waals surface area contributed by atoms with Gasteiger partial charge in [0.2, 0.25) is 5.75 Å². The molecule has 0 aliphatic carbocycles. The zero-order valence-electron chi connectivity index (χ0n) is 13.8. The lowest BCUT2D eigenvalue weighted by Crippen LogP contribution is -2.16. The summed E-state index contributed by atoms with van der Waals surface area (Å²) in [5.41, 5.74) is 1.28. The van der Waals surface area contributed by atoms with Crippen molar-refractivity contribution in [2.45, 2.75) is 12.3 Å². The van der Waals surface area contributed by atoms with E-state index in [1.807, 2.05) is 0 Å². The van der Waals surface area contributed by atoms with Crippen LogP contribution in [0.5, 0.6) is 23.0 Å². The first-order valence-corrected chi connectivity index (χ1v) is 7.31. The summed E-state index contributed by atoms with van der Waals surface area (Å²) in [6, 6.07) is 9.76. The largest absolute Gasteiger partial charge is 0.508 e. The highest BCUT2D eigenvalue weighted by Crippen LogP contribution is 2.43. The van der Waals surface area contributed by atoms with Gasteiger partial charge in [0, 0.05) is 5.56 Å². The second-order valence-electron chi connectivity index (χ2n) is 5.18. The first-order valence-electron chi connectivity index (χ1n) is 7.31. The second kappa shape index (κ2) is 7.59. The Morgan fingerprint density at radius 2 is 1.58 bits per heavy atom. The molecular formula is C18H20O6. The minimum atomic E-state index is -0.978. The lowest BCUT2D eigenvalue weighted by Gasteiger charge is -2.20. The van der Waals surface area contributed by atoms with Crippen molar-refractivity contribution in [1.29, 1.82) is 0 Å². The van der Waals surface area contributed by atoms with Crippen molar-refractivity contribution < 1.29 is 29.2 Å². The van der Waals surface area contributed by atoms with Crippen LogP contribution in [0.2, 0.25) is 0 Å². The Labute approximate surface area is 140 Å². The summed E-state index contributed by atoms with van der Waals surface area (Å²) in [7, 11) is 4.43. The fraction of sp³-hybridized carbons (Fsp3) is 0.278. The van der Waals surface area contributed by atoms with E-state index in [1.54, 1.807) is 24.3 Å². The molecule has 0 fully saturated rings. The highest BCUT2D eigenvalue weighted by Gasteiger charge is 2.27. The summed E-state index contributed by atoms with van der Waals surface area (Å²) in [5.74, 6) is -0.517. The summed E-state index contributed by atoms with van der Waals surface area (Å²) in [6.45, 7) is 0. The monoisotopic (exact) mass is 332 g/mol. The van der Waals surface area contributed by atoms with Gasteiger partial charge in [-0.3, -0.25) is 4.79 Å². The highest BCUT2D eigenvalue weighted by molar-refractivity contribution is 5.79. The molecule has 6 heteroatoms. The van der Waals surface area contributed by atoms with Crippen molar-refractivity contribution in [3.05, 3.63) is 47.5 Å². The fourth-order valence-electron chi connectivity index (χ4n) is 2.60. The number of methoxy groups -OCH3 is 3. The molecule has 0 aliphatic rings. The summed E-state index contributed by atoms with van der Waals surface area (Å²) >= 11 is 0. The number of carbonyl (C=O) groups is 1. The molecule has 0 heterocycles. The van der Waals surface area contributed by atoms with Gasteiger partial charge >= 0.3 is 5.97 Å². The summed E-state index contributed by atoms with van der Waals surface area (Å²) < 4.78 is 15.9. The molecule has 0 aromatic heterocycles. The van der Waals surface area contributed by atoms with Gasteiger partial charge in [0.25, 0.3) is 0 Å². The van der Waals surface area contributed by atoms with E-state index in [1.165, 1.54) is 33.5 Å². The van der Waals surface area contributed by atoms with Crippen LogP contribution in [0.1, 0.15) is 17.0 Å². The van der Waals surface area contributed by atoms with Crippen molar-refractivity contribution in [2.24, 2.45) is 0 Å². The molecule has 24 heavy (non-hydrogen) atoms. The smallest absolute Gasteiger partial charge is 0.311 e. The predicted molar refractivity (Wildman–Crippen MR) is 88.3 cm³/mol. The minimum absolute atomic E-state index is 0.134. The van der Waals surface area contributed by atoms with E-state index in [0.717, 1.165) is 5.56 Å². The van der Waals surface area contributed by atoms with Crippen LogP contribution in [0.25, 0.3) is 0 Å². The van der Waals surface area contributed by atoms with Crippen molar-refractivity contribution in [3.63, 3.8) is 0 Å². The lowest BCUT2D eigenvalue weighted by atomic mass is 9.91. The van der Waals surface area contributed by atoms with Gasteiger partial charge < -0.3 is 24.4 Å². The molecule has 0 saturated carbocycles. The molecule has 6 nitrogen and oxygen atoms in total. The van der Waals surface area contributed by atoms with E-state index in [-0.39, 0.29) is 12.2 Å². The highest BCUT2D eigenvalue weighted by atomic mass is 16.5. The van der Waals surface area contributed by atoms with Gasteiger partial charge in [0.05, 0.1) is 27.2 Å². The molecule has 0 bridgehead atoms. The molecule has 0 spiro atoms. The minimum Gasteiger partial charge on any atom is -0.508 e. The van der Waals surface area contributed by atoms with Gasteiger partial charge in [-0.05, 0) is 30.2 Å². The van der Waals surface area contributed by atoms with Gasteiger partial charge in [-0.15, -0.1) is 0 Å². The third kappa shape index (κ3) is 3.53. The molecule has 0 amide bonds. The van der Waals surface area contributed by atoms with Gasteiger partial charge in [-0.1, -0.05) is 18.2 Å². The maximum Gasteiger partial charge on any atom is 0.311 e. The molecule has 2 N–H and O–H groups in total. The Bertz CT molecular complexity index is 708. The van der Waals surface area contributed by atoms with Gasteiger partial charge in [0.1, 0.15) is 5.75 Å². The molecular weight excluding hydrogens is 312 g/mol. The summed E-state index contributed by atoms with van der Waals surface area (Å²) in [6.07, 6.45) is 0.251. The third-order valence-corrected chi connectivity index (χ3v) is 3.78. The van der Waals surface area contributed by atoms with Gasteiger partial charge in [-0.25, -0.2) is 0 Å². The van der Waals surface area contributed by atoms with Gasteiger partial charge in [-0.2, -0.15) is 0 Å². The molecule has 128 valence electrons. The number of benzene rings is 2. The quantitative estimate of drug-likeness (QED) is 0.811. The number of phenolic OH excluding ortho intramolecular Hbond substituents is 1. The van der Waals surface area contributed by atoms with Crippen molar-refractivity contribution in [3.8, 4) is 23.0 Å². The Balaban J connectivity index is 2.47. The Morgan fingerprint density at radius 1 is 0.958 bits per heavy atom. The molecule has 0 aliphatic heterocycles. The fourth-order valence-corrected chi connectivity index (χ4v) is 2.60. The standard InChI is InChI=1S/C18H20O6/c1-22-15-9-8-13(16(23-2)17(15)24-3)14(18(20)21)10-11-4-6-12(19)7-5-11/h4-9,14,19H,10H2,1-3H3,(H,20,21). The Kier molecular flexibility index (Phi) is 5.52. The zero-order chi connectivity index (χ0) is 17.7. The van der Waals surface area contributed by atoms with Crippen LogP contribution in [0.4, 0.5) is 0 Å². The van der Waals surface area contributed by atoms with Crippen LogP contribution >= 0.6 is 0 Å². The number of hydrogen-bond acceptors (Lipinski definition) is 5. The number of aromatic hydroxyl groups is 1. The van der Waals surface area contributed by atoms with Crippen molar-refractivity contribution in [2.75, 3.05) is 21.3 Å². The number of carboxylic acids is 1. The van der Waals surface area contributed by atoms with Crippen LogP contribution in [0, 0.1) is 0 Å². The van der Waals surface area contributed by atoms with Crippen LogP contribution in [0.15, 0.2) is 36.4 Å². The number of rotatable bonds is 7. The van der Waals surface area contributed by atoms with E-state index in [4.69, 9.17) is 14.2 Å². The number of aliphatic carboxylic acids is 1. The molecule has 1 atom stereocenters. The summed E-state index contributed by atoms with van der Waals surface area (Å²) in [4.78, 5) is 11.8. The van der Waals surface area contributed by atoms with E-state index >= 15 is 0 Å². The molecule has 0 saturated heterocycles. The molecule has 1 unspecified atom stereocenters. The van der Waals surface area contributed by atoms with E-state index in [0.29, 0.717) is 22.8 Å². The van der Waals surface area contributed by atoms with Crippen LogP contribution in [-0.2, 0) is 11.2 Å². The molecule has 2 rings (SSSR count). The molecule has 2 aromatic carbocycles. The maximum atomic E-state index is 11.8. The van der Waals surface area contributed by atoms with Gasteiger partial charge in [0.15, 0.2) is 11.5 Å². The first kappa shape index (κ1) is 17.5. The van der Waals surface area contributed by atoms with Crippen molar-refractivity contribution >= 4 is 5.97 Å². The van der Waals surface area contributed by atoms with E-state index in [9.17, 15) is 15.0 Å². The topological polar surface area (TPSA) is 85.2 Å². The van der Waals surface area contributed by atoms with Crippen LogP contribution in [0.3, 0.4) is 0 Å². The van der Waals surface area contributed by atoms with Crippen LogP contribution < -0.4 is 14.2 Å². The molecule has 2 aromatic rings. The third-order valence-electron chi connectivity index (χ3n) is 3.78. The second-order valence-corrected chi connectivity index (χ2v) is 5.18. The molecule has 0 radical (unpaired) electrons. The Hall–Kier alpha value is -2.89. The SMILES string of the molecule is COc1ccc(C(Cc2ccc(O)cc2)C(=O)O)c(OC)c1OC. The lowest BCUT2D eigenvalue weighted by molar-refractivity contribution is -0.138. The number of phenols is 1. The summed E-state index contributed by atoms with van der Waals surface area (Å²) in [5, 5.41) is 19.0. The average Bonchev–Trinajstić information content (AvgIpc) is 2.59. The number of hydrogen-bond donors (Lipinski definition) is 2. The maximum absolute atomic E-state index is 11.8. The first-order chi connectivity index (χ1) is 11.5. The predicted octanol–water partition coefficient (Wildman–Crippen LogP) is 2.83. The van der Waals surface area contributed by atoms with Crippen molar-refractivity contribution in [1.82, 2.24) is 0 Å². The van der Waals surface area contributed by atoms with Crippen LogP contribution in [-0.4, -0.2) is 37.5 Å². The number of ether oxygens (including phenoxy) is 3. The Morgan fingerprint density at radius 3 is 2.08 bits per heavy atom. The number of carboxylic acid groups (broad SMARTS) is 1. The van der Waals surface area contributed by atoms with E-state index < -0.39 is 11.9 Å². The average molecular weight is 332 g/mol.